The van der Waals surface area contributed by atoms with E-state index in [0.29, 0.717) is 0 Å². The van der Waals surface area contributed by atoms with Crippen molar-refractivity contribution < 1.29 is 0 Å². The Balaban J connectivity index is 1.63. The maximum atomic E-state index is 4.96. The van der Waals surface area contributed by atoms with Crippen LogP contribution in [0.25, 0.3) is 0 Å². The third-order valence-electron chi connectivity index (χ3n) is 4.85. The zero-order valence-corrected chi connectivity index (χ0v) is 13.3. The van der Waals surface area contributed by atoms with Crippen LogP contribution in [-0.2, 0) is 6.54 Å². The highest BCUT2D eigenvalue weighted by Crippen LogP contribution is 2.40. The van der Waals surface area contributed by atoms with Gasteiger partial charge >= 0.3 is 0 Å². The number of hydrogen-bond acceptors (Lipinski definition) is 4. The van der Waals surface area contributed by atoms with Crippen LogP contribution in [0.5, 0.6) is 0 Å². The van der Waals surface area contributed by atoms with Gasteiger partial charge in [0, 0.05) is 18.9 Å². The molecule has 0 saturated heterocycles. The van der Waals surface area contributed by atoms with Gasteiger partial charge in [0.05, 0.1) is 16.9 Å². The van der Waals surface area contributed by atoms with Crippen molar-refractivity contribution in [1.82, 2.24) is 10.3 Å². The Labute approximate surface area is 137 Å². The van der Waals surface area contributed by atoms with Crippen molar-refractivity contribution >= 4 is 17.2 Å². The Kier molecular flexibility index (Phi) is 3.74. The average Bonchev–Trinajstić information content (AvgIpc) is 2.61. The number of pyridine rings is 1. The summed E-state index contributed by atoms with van der Waals surface area (Å²) in [6.07, 6.45) is 9.82. The van der Waals surface area contributed by atoms with Crippen LogP contribution in [0.3, 0.4) is 0 Å². The molecular weight excluding hydrogens is 284 g/mol. The number of aliphatic imine (C=N–C) groups is 1. The fourth-order valence-corrected chi connectivity index (χ4v) is 3.64. The van der Waals surface area contributed by atoms with E-state index in [4.69, 9.17) is 4.99 Å². The third-order valence-corrected chi connectivity index (χ3v) is 4.85. The van der Waals surface area contributed by atoms with Gasteiger partial charge in [-0.15, -0.1) is 0 Å². The predicted molar refractivity (Wildman–Crippen MR) is 94.1 cm³/mol. The lowest BCUT2D eigenvalue weighted by molar-refractivity contribution is 0.396. The van der Waals surface area contributed by atoms with Crippen LogP contribution in [0, 0.1) is 0 Å². The minimum atomic E-state index is -0.0329. The summed E-state index contributed by atoms with van der Waals surface area (Å²) < 4.78 is 0. The first-order chi connectivity index (χ1) is 11.4. The highest BCUT2D eigenvalue weighted by molar-refractivity contribution is 6.00. The molecule has 118 valence electrons. The minimum Gasteiger partial charge on any atom is -0.371 e. The molecule has 1 fully saturated rings. The van der Waals surface area contributed by atoms with Crippen molar-refractivity contribution in [3.05, 3.63) is 54.4 Å². The molecule has 23 heavy (non-hydrogen) atoms. The van der Waals surface area contributed by atoms with Crippen molar-refractivity contribution in [2.24, 2.45) is 4.99 Å². The van der Waals surface area contributed by atoms with Crippen LogP contribution < -0.4 is 10.6 Å². The summed E-state index contributed by atoms with van der Waals surface area (Å²) in [5.74, 6) is 1.08. The Morgan fingerprint density at radius 1 is 1.04 bits per heavy atom. The summed E-state index contributed by atoms with van der Waals surface area (Å²) in [4.78, 5) is 9.15. The summed E-state index contributed by atoms with van der Waals surface area (Å²) in [5.41, 5.74) is 3.33. The number of nitrogens with zero attached hydrogens (tertiary/aromatic N) is 2. The molecule has 1 spiro atoms. The van der Waals surface area contributed by atoms with Crippen LogP contribution in [0.15, 0.2) is 53.8 Å². The second kappa shape index (κ2) is 6.03. The van der Waals surface area contributed by atoms with Crippen LogP contribution in [0.4, 0.5) is 11.4 Å². The van der Waals surface area contributed by atoms with E-state index in [1.54, 1.807) is 0 Å². The maximum Gasteiger partial charge on any atom is 0.128 e. The van der Waals surface area contributed by atoms with E-state index in [1.807, 2.05) is 24.5 Å². The molecule has 0 unspecified atom stereocenters. The Hall–Kier alpha value is -2.36. The average molecular weight is 306 g/mol. The molecular formula is C19H22N4. The lowest BCUT2D eigenvalue weighted by atomic mass is 9.79. The lowest BCUT2D eigenvalue weighted by Gasteiger charge is -2.42. The molecule has 0 bridgehead atoms. The fourth-order valence-electron chi connectivity index (χ4n) is 3.64. The Bertz CT molecular complexity index is 702. The fraction of sp³-hybridized carbons (Fsp3) is 0.368. The van der Waals surface area contributed by atoms with E-state index < -0.39 is 0 Å². The van der Waals surface area contributed by atoms with Crippen molar-refractivity contribution in [3.63, 3.8) is 0 Å². The number of amidine groups is 1. The standard InChI is InChI=1S/C19H22N4/c1-4-10-19(11-5-1)18(21-14-15-7-6-12-20-13-15)22-16-8-2-3-9-17(16)23-19/h2-3,6-9,12-13,23H,1,4-5,10-11,14H2,(H,21,22). The smallest absolute Gasteiger partial charge is 0.128 e. The number of aromatic nitrogens is 1. The second-order valence-electron chi connectivity index (χ2n) is 6.46. The van der Waals surface area contributed by atoms with Gasteiger partial charge in [0.15, 0.2) is 0 Å². The zero-order valence-electron chi connectivity index (χ0n) is 13.3. The molecule has 1 aliphatic heterocycles. The molecule has 1 saturated carbocycles. The number of hydrogen-bond donors (Lipinski definition) is 2. The van der Waals surface area contributed by atoms with Gasteiger partial charge in [-0.05, 0) is 36.6 Å². The molecule has 4 nitrogen and oxygen atoms in total. The largest absolute Gasteiger partial charge is 0.371 e. The number of anilines is 1. The van der Waals surface area contributed by atoms with Crippen LogP contribution in [-0.4, -0.2) is 16.4 Å². The van der Waals surface area contributed by atoms with Gasteiger partial charge in [-0.25, -0.2) is 4.99 Å². The van der Waals surface area contributed by atoms with E-state index >= 15 is 0 Å². The van der Waals surface area contributed by atoms with Gasteiger partial charge in [-0.1, -0.05) is 37.5 Å². The van der Waals surface area contributed by atoms with E-state index in [-0.39, 0.29) is 5.54 Å². The minimum absolute atomic E-state index is 0.0329. The molecule has 0 amide bonds. The van der Waals surface area contributed by atoms with Crippen LogP contribution in [0.2, 0.25) is 0 Å². The topological polar surface area (TPSA) is 49.3 Å². The van der Waals surface area contributed by atoms with Crippen molar-refractivity contribution in [1.29, 1.82) is 0 Å². The van der Waals surface area contributed by atoms with E-state index in [2.05, 4.69) is 39.9 Å². The third kappa shape index (κ3) is 2.81. The van der Waals surface area contributed by atoms with Gasteiger partial charge in [0.2, 0.25) is 0 Å². The van der Waals surface area contributed by atoms with Gasteiger partial charge in [-0.2, -0.15) is 0 Å². The molecule has 2 aliphatic rings. The van der Waals surface area contributed by atoms with Gasteiger partial charge in [0.25, 0.3) is 0 Å². The van der Waals surface area contributed by atoms with Gasteiger partial charge < -0.3 is 10.6 Å². The summed E-state index contributed by atoms with van der Waals surface area (Å²) >= 11 is 0. The van der Waals surface area contributed by atoms with Crippen molar-refractivity contribution in [2.45, 2.75) is 44.2 Å². The molecule has 1 aliphatic carbocycles. The monoisotopic (exact) mass is 306 g/mol. The normalized spacial score (nSPS) is 18.7. The SMILES string of the molecule is c1cncc(CNC2=Nc3ccccc3NC23CCCCC3)c1. The molecule has 0 radical (unpaired) electrons. The molecule has 1 aromatic carbocycles. The quantitative estimate of drug-likeness (QED) is 0.880. The predicted octanol–water partition coefficient (Wildman–Crippen LogP) is 4.03. The Morgan fingerprint density at radius 3 is 2.74 bits per heavy atom. The Morgan fingerprint density at radius 2 is 1.91 bits per heavy atom. The van der Waals surface area contributed by atoms with Crippen LogP contribution >= 0.6 is 0 Å². The highest BCUT2D eigenvalue weighted by Gasteiger charge is 2.40. The van der Waals surface area contributed by atoms with E-state index in [9.17, 15) is 0 Å². The first kappa shape index (κ1) is 14.2. The molecule has 0 atom stereocenters. The second-order valence-corrected chi connectivity index (χ2v) is 6.46. The lowest BCUT2D eigenvalue weighted by Crippen LogP contribution is -2.54. The summed E-state index contributed by atoms with van der Waals surface area (Å²) in [6, 6.07) is 12.4. The summed E-state index contributed by atoms with van der Waals surface area (Å²) in [6.45, 7) is 0.762. The summed E-state index contributed by atoms with van der Waals surface area (Å²) in [5, 5.41) is 7.38. The maximum absolute atomic E-state index is 4.96. The first-order valence-electron chi connectivity index (χ1n) is 8.45. The van der Waals surface area contributed by atoms with Crippen molar-refractivity contribution in [2.75, 3.05) is 5.32 Å². The number of benzene rings is 1. The molecule has 4 rings (SSSR count). The number of rotatable bonds is 2. The summed E-state index contributed by atoms with van der Waals surface area (Å²) in [7, 11) is 0. The zero-order chi connectivity index (χ0) is 15.5. The number of fused-ring (bicyclic) bond motifs is 1. The number of nitrogens with one attached hydrogen (secondary N) is 2. The molecule has 4 heteroatoms. The van der Waals surface area contributed by atoms with Gasteiger partial charge in [-0.3, -0.25) is 4.98 Å². The highest BCUT2D eigenvalue weighted by atomic mass is 15.2. The van der Waals surface area contributed by atoms with E-state index in [0.717, 1.165) is 36.6 Å². The van der Waals surface area contributed by atoms with E-state index in [1.165, 1.54) is 24.8 Å². The molecule has 2 N–H and O–H groups in total. The number of para-hydroxylation sites is 2. The molecule has 2 aromatic rings. The van der Waals surface area contributed by atoms with Crippen LogP contribution in [0.1, 0.15) is 37.7 Å². The molecule has 2 heterocycles. The van der Waals surface area contributed by atoms with Crippen molar-refractivity contribution in [3.8, 4) is 0 Å². The molecule has 1 aromatic heterocycles. The van der Waals surface area contributed by atoms with Gasteiger partial charge in [0.1, 0.15) is 5.84 Å². The first-order valence-corrected chi connectivity index (χ1v) is 8.45.